The van der Waals surface area contributed by atoms with Crippen LogP contribution in [0.3, 0.4) is 0 Å². The molecule has 0 saturated heterocycles. The molecule has 0 radical (unpaired) electrons. The highest BCUT2D eigenvalue weighted by atomic mass is 15.1. The average molecular weight is 255 g/mol. The monoisotopic (exact) mass is 255 g/mol. The van der Waals surface area contributed by atoms with E-state index < -0.39 is 0 Å². The van der Waals surface area contributed by atoms with Gasteiger partial charge in [-0.25, -0.2) is 0 Å². The van der Waals surface area contributed by atoms with Crippen molar-refractivity contribution in [1.29, 1.82) is 0 Å². The number of nitrogens with zero attached hydrogens (tertiary/aromatic N) is 2. The van der Waals surface area contributed by atoms with Gasteiger partial charge in [-0.05, 0) is 48.8 Å². The molecule has 100 valence electrons. The highest BCUT2D eigenvalue weighted by molar-refractivity contribution is 5.23. The predicted molar refractivity (Wildman–Crippen MR) is 78.6 cm³/mol. The quantitative estimate of drug-likeness (QED) is 0.860. The number of hydrogen-bond acceptors (Lipinski definition) is 3. The van der Waals surface area contributed by atoms with E-state index >= 15 is 0 Å². The van der Waals surface area contributed by atoms with Crippen molar-refractivity contribution in [3.8, 4) is 0 Å². The first-order valence-corrected chi connectivity index (χ1v) is 6.63. The second-order valence-corrected chi connectivity index (χ2v) is 4.88. The summed E-state index contributed by atoms with van der Waals surface area (Å²) in [6.07, 6.45) is 4.63. The van der Waals surface area contributed by atoms with Crippen LogP contribution in [0.4, 0.5) is 0 Å². The minimum atomic E-state index is 0.710. The predicted octanol–water partition coefficient (Wildman–Crippen LogP) is 2.21. The summed E-state index contributed by atoms with van der Waals surface area (Å²) in [5.74, 6) is 0. The summed E-state index contributed by atoms with van der Waals surface area (Å²) in [4.78, 5) is 6.33. The number of pyridine rings is 1. The molecule has 1 aromatic carbocycles. The maximum atomic E-state index is 5.55. The fraction of sp³-hybridized carbons (Fsp3) is 0.312. The van der Waals surface area contributed by atoms with Crippen molar-refractivity contribution in [1.82, 2.24) is 9.88 Å². The van der Waals surface area contributed by atoms with Crippen LogP contribution in [-0.2, 0) is 19.5 Å². The van der Waals surface area contributed by atoms with Gasteiger partial charge in [-0.2, -0.15) is 0 Å². The molecule has 3 heteroatoms. The van der Waals surface area contributed by atoms with Crippen LogP contribution in [0.2, 0.25) is 0 Å². The van der Waals surface area contributed by atoms with Crippen LogP contribution >= 0.6 is 0 Å². The third-order valence-electron chi connectivity index (χ3n) is 3.11. The van der Waals surface area contributed by atoms with Crippen LogP contribution in [0.25, 0.3) is 0 Å². The van der Waals surface area contributed by atoms with Gasteiger partial charge in [-0.15, -0.1) is 0 Å². The normalized spacial score (nSPS) is 10.9. The Morgan fingerprint density at radius 1 is 0.895 bits per heavy atom. The molecule has 0 fully saturated rings. The highest BCUT2D eigenvalue weighted by Crippen LogP contribution is 2.09. The zero-order valence-corrected chi connectivity index (χ0v) is 11.4. The van der Waals surface area contributed by atoms with Gasteiger partial charge in [0.25, 0.3) is 0 Å². The van der Waals surface area contributed by atoms with Crippen molar-refractivity contribution in [3.63, 3.8) is 0 Å². The Labute approximate surface area is 115 Å². The van der Waals surface area contributed by atoms with Crippen molar-refractivity contribution in [2.45, 2.75) is 19.5 Å². The maximum absolute atomic E-state index is 5.55. The third-order valence-corrected chi connectivity index (χ3v) is 3.11. The fourth-order valence-corrected chi connectivity index (χ4v) is 2.15. The fourth-order valence-electron chi connectivity index (χ4n) is 2.15. The van der Waals surface area contributed by atoms with Crippen molar-refractivity contribution in [2.24, 2.45) is 5.73 Å². The second kappa shape index (κ2) is 7.02. The van der Waals surface area contributed by atoms with E-state index in [1.54, 1.807) is 0 Å². The Morgan fingerprint density at radius 2 is 1.42 bits per heavy atom. The molecule has 19 heavy (non-hydrogen) atoms. The SMILES string of the molecule is CN(Cc1ccncc1)Cc1ccc(CCN)cc1. The largest absolute Gasteiger partial charge is 0.330 e. The Balaban J connectivity index is 1.89. The molecule has 2 rings (SSSR count). The van der Waals surface area contributed by atoms with Crippen LogP contribution < -0.4 is 5.73 Å². The van der Waals surface area contributed by atoms with Crippen LogP contribution in [0.15, 0.2) is 48.8 Å². The lowest BCUT2D eigenvalue weighted by atomic mass is 10.1. The Hall–Kier alpha value is -1.71. The van der Waals surface area contributed by atoms with Crippen molar-refractivity contribution in [3.05, 3.63) is 65.5 Å². The van der Waals surface area contributed by atoms with Gasteiger partial charge < -0.3 is 5.73 Å². The molecule has 0 amide bonds. The zero-order chi connectivity index (χ0) is 13.5. The van der Waals surface area contributed by atoms with Gasteiger partial charge in [-0.3, -0.25) is 9.88 Å². The molecule has 0 aliphatic carbocycles. The smallest absolute Gasteiger partial charge is 0.0271 e. The van der Waals surface area contributed by atoms with Crippen molar-refractivity contribution >= 4 is 0 Å². The Bertz CT molecular complexity index is 479. The summed E-state index contributed by atoms with van der Waals surface area (Å²) in [5.41, 5.74) is 9.48. The first kappa shape index (κ1) is 13.7. The van der Waals surface area contributed by atoms with E-state index in [9.17, 15) is 0 Å². The summed E-state index contributed by atoms with van der Waals surface area (Å²) in [6.45, 7) is 2.60. The van der Waals surface area contributed by atoms with Gasteiger partial charge in [0.1, 0.15) is 0 Å². The van der Waals surface area contributed by atoms with Crippen LogP contribution in [0.1, 0.15) is 16.7 Å². The van der Waals surface area contributed by atoms with Gasteiger partial charge in [0.15, 0.2) is 0 Å². The van der Waals surface area contributed by atoms with E-state index in [-0.39, 0.29) is 0 Å². The molecule has 1 aromatic heterocycles. The lowest BCUT2D eigenvalue weighted by Gasteiger charge is -2.17. The lowest BCUT2D eigenvalue weighted by Crippen LogP contribution is -2.17. The minimum Gasteiger partial charge on any atom is -0.330 e. The van der Waals surface area contributed by atoms with Crippen LogP contribution in [-0.4, -0.2) is 23.5 Å². The molecule has 0 spiro atoms. The highest BCUT2D eigenvalue weighted by Gasteiger charge is 2.02. The summed E-state index contributed by atoms with van der Waals surface area (Å²) in [6, 6.07) is 12.8. The average Bonchev–Trinajstić information content (AvgIpc) is 2.42. The zero-order valence-electron chi connectivity index (χ0n) is 11.4. The first-order valence-electron chi connectivity index (χ1n) is 6.63. The Morgan fingerprint density at radius 3 is 2.00 bits per heavy atom. The van der Waals surface area contributed by atoms with Gasteiger partial charge in [-0.1, -0.05) is 24.3 Å². The lowest BCUT2D eigenvalue weighted by molar-refractivity contribution is 0.319. The van der Waals surface area contributed by atoms with E-state index in [2.05, 4.69) is 53.3 Å². The van der Waals surface area contributed by atoms with Gasteiger partial charge >= 0.3 is 0 Å². The summed E-state index contributed by atoms with van der Waals surface area (Å²) >= 11 is 0. The molecule has 0 atom stereocenters. The van der Waals surface area contributed by atoms with Crippen LogP contribution in [0.5, 0.6) is 0 Å². The van der Waals surface area contributed by atoms with Crippen LogP contribution in [0, 0.1) is 0 Å². The topological polar surface area (TPSA) is 42.2 Å². The first-order chi connectivity index (χ1) is 9.28. The van der Waals surface area contributed by atoms with E-state index in [0.29, 0.717) is 6.54 Å². The summed E-state index contributed by atoms with van der Waals surface area (Å²) in [5, 5.41) is 0. The molecule has 2 aromatic rings. The number of hydrogen-bond donors (Lipinski definition) is 1. The molecule has 0 aliphatic rings. The molecule has 0 aliphatic heterocycles. The summed E-state index contributed by atoms with van der Waals surface area (Å²) in [7, 11) is 2.13. The molecule has 1 heterocycles. The maximum Gasteiger partial charge on any atom is 0.0271 e. The second-order valence-electron chi connectivity index (χ2n) is 4.88. The molecular weight excluding hydrogens is 234 g/mol. The molecular formula is C16H21N3. The van der Waals surface area contributed by atoms with Gasteiger partial charge in [0.05, 0.1) is 0 Å². The van der Waals surface area contributed by atoms with E-state index in [0.717, 1.165) is 19.5 Å². The molecule has 3 nitrogen and oxygen atoms in total. The van der Waals surface area contributed by atoms with E-state index in [1.807, 2.05) is 12.4 Å². The minimum absolute atomic E-state index is 0.710. The third kappa shape index (κ3) is 4.47. The van der Waals surface area contributed by atoms with E-state index in [1.165, 1.54) is 16.7 Å². The Kier molecular flexibility index (Phi) is 5.07. The van der Waals surface area contributed by atoms with E-state index in [4.69, 9.17) is 5.73 Å². The van der Waals surface area contributed by atoms with Gasteiger partial charge in [0.2, 0.25) is 0 Å². The number of rotatable bonds is 6. The summed E-state index contributed by atoms with van der Waals surface area (Å²) < 4.78 is 0. The molecule has 0 unspecified atom stereocenters. The molecule has 2 N–H and O–H groups in total. The number of nitrogens with two attached hydrogens (primary N) is 1. The van der Waals surface area contributed by atoms with Crippen molar-refractivity contribution in [2.75, 3.05) is 13.6 Å². The number of aromatic nitrogens is 1. The van der Waals surface area contributed by atoms with Gasteiger partial charge in [0, 0.05) is 25.5 Å². The molecule has 0 saturated carbocycles. The van der Waals surface area contributed by atoms with Crippen molar-refractivity contribution < 1.29 is 0 Å². The molecule has 0 bridgehead atoms. The standard InChI is InChI=1S/C16H21N3/c1-19(13-16-7-10-18-11-8-16)12-15-4-2-14(3-5-15)6-9-17/h2-5,7-8,10-11H,6,9,12-13,17H2,1H3. The number of benzene rings is 1.